The van der Waals surface area contributed by atoms with Crippen molar-refractivity contribution in [2.45, 2.75) is 12.2 Å². The number of rotatable bonds is 4. The number of hydrogen-bond acceptors (Lipinski definition) is 4. The lowest BCUT2D eigenvalue weighted by molar-refractivity contribution is 0.0323. The van der Waals surface area contributed by atoms with Crippen LogP contribution in [0.5, 0.6) is 5.75 Å². The summed E-state index contributed by atoms with van der Waals surface area (Å²) >= 11 is 3.00. The molecule has 0 bridgehead atoms. The average Bonchev–Trinajstić information content (AvgIpc) is 2.26. The van der Waals surface area contributed by atoms with Crippen LogP contribution in [0.25, 0.3) is 0 Å². The van der Waals surface area contributed by atoms with E-state index in [1.165, 1.54) is 18.2 Å². The summed E-state index contributed by atoms with van der Waals surface area (Å²) in [5.41, 5.74) is 0.224. The Balaban J connectivity index is 3.16. The minimum atomic E-state index is -1.29. The van der Waals surface area contributed by atoms with Gasteiger partial charge in [-0.2, -0.15) is 0 Å². The molecule has 0 saturated heterocycles. The Hall–Kier alpha value is -0.910. The first kappa shape index (κ1) is 12.2. The predicted molar refractivity (Wildman–Crippen MR) is 58.3 cm³/mol. The zero-order valence-electron chi connectivity index (χ0n) is 7.80. The van der Waals surface area contributed by atoms with Gasteiger partial charge in [0.2, 0.25) is 0 Å². The predicted octanol–water partition coefficient (Wildman–Crippen LogP) is 0.994. The maximum absolute atomic E-state index is 10.7. The minimum Gasteiger partial charge on any atom is -0.508 e. The summed E-state index contributed by atoms with van der Waals surface area (Å²) < 4.78 is 0. The summed E-state index contributed by atoms with van der Waals surface area (Å²) in [4.78, 5) is 10.7. The van der Waals surface area contributed by atoms with E-state index in [4.69, 9.17) is 0 Å². The third kappa shape index (κ3) is 2.56. The molecule has 0 amide bonds. The molecule has 0 radical (unpaired) electrons. The number of phenolic OH excluding ortho intramolecular Hbond substituents is 1. The first-order valence-electron chi connectivity index (χ1n) is 4.31. The second kappa shape index (κ2) is 5.25. The van der Waals surface area contributed by atoms with E-state index in [-0.39, 0.29) is 22.2 Å². The van der Waals surface area contributed by atoms with Crippen molar-refractivity contribution in [1.29, 1.82) is 0 Å². The molecule has 1 aromatic carbocycles. The molecule has 0 aliphatic carbocycles. The number of carbonyl (C=O) groups excluding carboxylic acids is 1. The van der Waals surface area contributed by atoms with E-state index in [1.807, 2.05) is 0 Å². The summed E-state index contributed by atoms with van der Waals surface area (Å²) in [6, 6.07) is 4.31. The number of aldehydes is 1. The van der Waals surface area contributed by atoms with Crippen molar-refractivity contribution in [1.82, 2.24) is 0 Å². The van der Waals surface area contributed by atoms with Gasteiger partial charge >= 0.3 is 0 Å². The molecule has 3 N–H and O–H groups in total. The Morgan fingerprint density at radius 3 is 2.60 bits per heavy atom. The monoisotopic (exact) mass is 274 g/mol. The van der Waals surface area contributed by atoms with Crippen molar-refractivity contribution in [3.8, 4) is 5.75 Å². The van der Waals surface area contributed by atoms with Crippen molar-refractivity contribution in [2.75, 3.05) is 5.33 Å². The van der Waals surface area contributed by atoms with Gasteiger partial charge in [-0.1, -0.05) is 28.1 Å². The quantitative estimate of drug-likeness (QED) is 0.565. The molecule has 15 heavy (non-hydrogen) atoms. The van der Waals surface area contributed by atoms with Crippen LogP contribution in [-0.4, -0.2) is 33.0 Å². The average molecular weight is 275 g/mol. The Bertz CT molecular complexity index is 353. The van der Waals surface area contributed by atoms with Crippen LogP contribution in [0, 0.1) is 0 Å². The molecular formula is C10H11BrO4. The fourth-order valence-corrected chi connectivity index (χ4v) is 1.63. The van der Waals surface area contributed by atoms with E-state index in [2.05, 4.69) is 15.9 Å². The number of halogens is 1. The molecule has 0 aliphatic rings. The van der Waals surface area contributed by atoms with Crippen LogP contribution in [0.2, 0.25) is 0 Å². The zero-order chi connectivity index (χ0) is 11.4. The SMILES string of the molecule is O=Cc1cccc(O)c1C(O)C(O)CBr. The molecule has 2 atom stereocenters. The number of hydrogen-bond donors (Lipinski definition) is 3. The van der Waals surface area contributed by atoms with Crippen LogP contribution in [0.4, 0.5) is 0 Å². The van der Waals surface area contributed by atoms with Gasteiger partial charge in [0.15, 0.2) is 6.29 Å². The van der Waals surface area contributed by atoms with Crippen molar-refractivity contribution in [3.05, 3.63) is 29.3 Å². The van der Waals surface area contributed by atoms with Crippen LogP contribution in [0.1, 0.15) is 22.0 Å². The summed E-state index contributed by atoms with van der Waals surface area (Å²) in [6.45, 7) is 0. The van der Waals surface area contributed by atoms with Gasteiger partial charge in [0.05, 0.1) is 6.10 Å². The lowest BCUT2D eigenvalue weighted by Gasteiger charge is -2.18. The highest BCUT2D eigenvalue weighted by Crippen LogP contribution is 2.29. The zero-order valence-corrected chi connectivity index (χ0v) is 9.39. The minimum absolute atomic E-state index is 0.0550. The molecule has 0 aliphatic heterocycles. The molecule has 0 saturated carbocycles. The van der Waals surface area contributed by atoms with Gasteiger partial charge in [-0.25, -0.2) is 0 Å². The third-order valence-corrected chi connectivity index (χ3v) is 2.73. The first-order valence-corrected chi connectivity index (χ1v) is 5.43. The van der Waals surface area contributed by atoms with E-state index in [9.17, 15) is 20.1 Å². The van der Waals surface area contributed by atoms with Crippen LogP contribution in [-0.2, 0) is 0 Å². The van der Waals surface area contributed by atoms with Gasteiger partial charge < -0.3 is 15.3 Å². The number of carbonyl (C=O) groups is 1. The number of aliphatic hydroxyl groups excluding tert-OH is 2. The highest BCUT2D eigenvalue weighted by Gasteiger charge is 2.23. The molecule has 0 fully saturated rings. The molecule has 0 aromatic heterocycles. The Morgan fingerprint density at radius 2 is 2.07 bits per heavy atom. The molecular weight excluding hydrogens is 264 g/mol. The second-order valence-corrected chi connectivity index (χ2v) is 3.71. The number of alkyl halides is 1. The van der Waals surface area contributed by atoms with Gasteiger partial charge in [-0.3, -0.25) is 4.79 Å². The fraction of sp³-hybridized carbons (Fsp3) is 0.300. The van der Waals surface area contributed by atoms with Crippen molar-refractivity contribution < 1.29 is 20.1 Å². The van der Waals surface area contributed by atoms with E-state index in [0.29, 0.717) is 6.29 Å². The van der Waals surface area contributed by atoms with E-state index in [1.54, 1.807) is 0 Å². The smallest absolute Gasteiger partial charge is 0.150 e. The van der Waals surface area contributed by atoms with E-state index in [0.717, 1.165) is 0 Å². The van der Waals surface area contributed by atoms with E-state index < -0.39 is 12.2 Å². The van der Waals surface area contributed by atoms with Gasteiger partial charge in [0.1, 0.15) is 11.9 Å². The molecule has 5 heteroatoms. The highest BCUT2D eigenvalue weighted by atomic mass is 79.9. The number of benzene rings is 1. The van der Waals surface area contributed by atoms with E-state index >= 15 is 0 Å². The Labute approximate surface area is 95.3 Å². The maximum atomic E-state index is 10.7. The van der Waals surface area contributed by atoms with Gasteiger partial charge in [0, 0.05) is 16.5 Å². The molecule has 82 valence electrons. The molecule has 0 spiro atoms. The van der Waals surface area contributed by atoms with Gasteiger partial charge in [-0.05, 0) is 6.07 Å². The van der Waals surface area contributed by atoms with Crippen molar-refractivity contribution >= 4 is 22.2 Å². The topological polar surface area (TPSA) is 77.8 Å². The van der Waals surface area contributed by atoms with Gasteiger partial charge in [0.25, 0.3) is 0 Å². The molecule has 4 nitrogen and oxygen atoms in total. The first-order chi connectivity index (χ1) is 7.11. The largest absolute Gasteiger partial charge is 0.508 e. The number of aliphatic hydroxyl groups is 2. The number of phenols is 1. The molecule has 1 aromatic rings. The summed E-state index contributed by atoms with van der Waals surface area (Å²) in [7, 11) is 0. The summed E-state index contributed by atoms with van der Waals surface area (Å²) in [5.74, 6) is -0.202. The maximum Gasteiger partial charge on any atom is 0.150 e. The molecule has 2 unspecified atom stereocenters. The van der Waals surface area contributed by atoms with Crippen LogP contribution < -0.4 is 0 Å². The second-order valence-electron chi connectivity index (χ2n) is 3.06. The molecule has 0 heterocycles. The van der Waals surface area contributed by atoms with Gasteiger partial charge in [-0.15, -0.1) is 0 Å². The third-order valence-electron chi connectivity index (χ3n) is 2.06. The van der Waals surface area contributed by atoms with Crippen molar-refractivity contribution in [3.63, 3.8) is 0 Å². The van der Waals surface area contributed by atoms with Crippen LogP contribution in [0.3, 0.4) is 0 Å². The summed E-state index contributed by atoms with van der Waals surface area (Å²) in [5, 5.41) is 28.7. The normalized spacial score (nSPS) is 14.6. The standard InChI is InChI=1S/C10H11BrO4/c11-4-8(14)10(15)9-6(5-12)2-1-3-7(9)13/h1-3,5,8,10,13-15H,4H2. The Kier molecular flexibility index (Phi) is 4.26. The van der Waals surface area contributed by atoms with Crippen molar-refractivity contribution in [2.24, 2.45) is 0 Å². The van der Waals surface area contributed by atoms with Crippen LogP contribution >= 0.6 is 15.9 Å². The number of aromatic hydroxyl groups is 1. The fourth-order valence-electron chi connectivity index (χ4n) is 1.27. The lowest BCUT2D eigenvalue weighted by Crippen LogP contribution is -2.20. The molecule has 1 rings (SSSR count). The summed E-state index contributed by atoms with van der Waals surface area (Å²) in [6.07, 6.45) is -1.83. The van der Waals surface area contributed by atoms with Crippen LogP contribution in [0.15, 0.2) is 18.2 Å². The highest BCUT2D eigenvalue weighted by molar-refractivity contribution is 9.09. The Morgan fingerprint density at radius 1 is 1.40 bits per heavy atom. The lowest BCUT2D eigenvalue weighted by atomic mass is 9.99.